The Kier molecular flexibility index (Phi) is 4.28. The quantitative estimate of drug-likeness (QED) is 0.489. The van der Waals surface area contributed by atoms with E-state index in [1.807, 2.05) is 18.2 Å². The minimum absolute atomic E-state index is 0.150. The van der Waals surface area contributed by atoms with E-state index in [0.717, 1.165) is 5.56 Å². The van der Waals surface area contributed by atoms with Crippen LogP contribution in [0.25, 0.3) is 0 Å². The number of cyclic esters (lactones) is 2. The van der Waals surface area contributed by atoms with Gasteiger partial charge in [0.05, 0.1) is 6.10 Å². The van der Waals surface area contributed by atoms with Crippen LogP contribution < -0.4 is 5.32 Å². The number of nitrogens with one attached hydrogen (secondary N) is 1. The minimum atomic E-state index is -1.25. The predicted octanol–water partition coefficient (Wildman–Crippen LogP) is 1.03. The topological polar surface area (TPSA) is 84.9 Å². The van der Waals surface area contributed by atoms with E-state index in [-0.39, 0.29) is 12.1 Å². The van der Waals surface area contributed by atoms with E-state index < -0.39 is 23.8 Å². The molecule has 1 fully saturated rings. The molecule has 112 valence electrons. The summed E-state index contributed by atoms with van der Waals surface area (Å²) in [5.74, 6) is -2.76. The minimum Gasteiger partial charge on any atom is -0.419 e. The highest BCUT2D eigenvalue weighted by molar-refractivity contribution is 6.15. The Bertz CT molecular complexity index is 543. The van der Waals surface area contributed by atoms with Crippen LogP contribution in [0.5, 0.6) is 0 Å². The molecular weight excluding hydrogens is 274 g/mol. The fourth-order valence-corrected chi connectivity index (χ4v) is 1.84. The molecule has 1 heterocycles. The van der Waals surface area contributed by atoms with Gasteiger partial charge in [0.15, 0.2) is 5.57 Å². The molecular formula is C15H17NO5. The number of carbonyl (C=O) groups excluding carboxylic acids is 2. The average molecular weight is 291 g/mol. The van der Waals surface area contributed by atoms with Crippen molar-refractivity contribution >= 4 is 11.9 Å². The molecule has 0 unspecified atom stereocenters. The Morgan fingerprint density at radius 3 is 2.33 bits per heavy atom. The molecule has 0 saturated carbocycles. The average Bonchev–Trinajstić information content (AvgIpc) is 2.41. The van der Waals surface area contributed by atoms with Crippen molar-refractivity contribution < 1.29 is 24.2 Å². The molecule has 0 aromatic heterocycles. The summed E-state index contributed by atoms with van der Waals surface area (Å²) in [5, 5.41) is 12.7. The van der Waals surface area contributed by atoms with Crippen molar-refractivity contribution in [1.29, 1.82) is 0 Å². The zero-order valence-electron chi connectivity index (χ0n) is 11.8. The third kappa shape index (κ3) is 3.82. The molecule has 21 heavy (non-hydrogen) atoms. The molecule has 2 rings (SSSR count). The molecule has 6 heteroatoms. The van der Waals surface area contributed by atoms with Crippen molar-refractivity contribution in [3.8, 4) is 0 Å². The highest BCUT2D eigenvalue weighted by Gasteiger charge is 2.38. The van der Waals surface area contributed by atoms with E-state index in [4.69, 9.17) is 9.47 Å². The number of hydrogen-bond acceptors (Lipinski definition) is 6. The number of rotatable bonds is 4. The monoisotopic (exact) mass is 291 g/mol. The van der Waals surface area contributed by atoms with Crippen LogP contribution >= 0.6 is 0 Å². The fourth-order valence-electron chi connectivity index (χ4n) is 1.84. The lowest BCUT2D eigenvalue weighted by Crippen LogP contribution is -2.42. The maximum Gasteiger partial charge on any atom is 0.350 e. The molecule has 0 spiro atoms. The second-order valence-electron chi connectivity index (χ2n) is 5.07. The van der Waals surface area contributed by atoms with Gasteiger partial charge in [-0.25, -0.2) is 9.59 Å². The number of hydrogen-bond donors (Lipinski definition) is 2. The number of benzene rings is 1. The fraction of sp³-hybridized carbons (Fsp3) is 0.333. The summed E-state index contributed by atoms with van der Waals surface area (Å²) in [4.78, 5) is 23.3. The first-order valence-electron chi connectivity index (χ1n) is 6.52. The van der Waals surface area contributed by atoms with Crippen molar-refractivity contribution in [3.63, 3.8) is 0 Å². The molecule has 0 bridgehead atoms. The molecule has 0 amide bonds. The molecule has 1 saturated heterocycles. The first-order valence-corrected chi connectivity index (χ1v) is 6.52. The van der Waals surface area contributed by atoms with Gasteiger partial charge in [0, 0.05) is 26.6 Å². The van der Waals surface area contributed by atoms with Gasteiger partial charge in [-0.15, -0.1) is 0 Å². The second-order valence-corrected chi connectivity index (χ2v) is 5.07. The van der Waals surface area contributed by atoms with Gasteiger partial charge in [0.1, 0.15) is 0 Å². The summed E-state index contributed by atoms with van der Waals surface area (Å²) in [7, 11) is 0. The van der Waals surface area contributed by atoms with Crippen LogP contribution in [-0.4, -0.2) is 29.4 Å². The van der Waals surface area contributed by atoms with Crippen molar-refractivity contribution in [3.05, 3.63) is 47.7 Å². The van der Waals surface area contributed by atoms with E-state index in [2.05, 4.69) is 5.32 Å². The molecule has 0 radical (unpaired) electrons. The smallest absolute Gasteiger partial charge is 0.350 e. The van der Waals surface area contributed by atoms with Crippen LogP contribution in [-0.2, 0) is 19.1 Å². The SMILES string of the molecule is CC1(C)OC(=O)C(=CNC[C@H](O)c2ccccc2)C(=O)O1. The van der Waals surface area contributed by atoms with Crippen molar-refractivity contribution in [1.82, 2.24) is 5.32 Å². The van der Waals surface area contributed by atoms with E-state index in [1.54, 1.807) is 12.1 Å². The number of carbonyl (C=O) groups is 2. The standard InChI is InChI=1S/C15H17NO5/c1-15(2)20-13(18)11(14(19)21-15)8-16-9-12(17)10-6-4-3-5-7-10/h3-8,12,16-17H,9H2,1-2H3/t12-/m0/s1. The van der Waals surface area contributed by atoms with E-state index in [0.29, 0.717) is 0 Å². The Balaban J connectivity index is 1.95. The lowest BCUT2D eigenvalue weighted by atomic mass is 10.1. The van der Waals surface area contributed by atoms with Gasteiger partial charge >= 0.3 is 11.9 Å². The lowest BCUT2D eigenvalue weighted by molar-refractivity contribution is -0.222. The van der Waals surface area contributed by atoms with E-state index >= 15 is 0 Å². The summed E-state index contributed by atoms with van der Waals surface area (Å²) in [6.07, 6.45) is 0.446. The first kappa shape index (κ1) is 15.1. The third-order valence-corrected chi connectivity index (χ3v) is 2.86. The first-order chi connectivity index (χ1) is 9.89. The Morgan fingerprint density at radius 2 is 1.76 bits per heavy atom. The molecule has 1 aromatic carbocycles. The summed E-state index contributed by atoms with van der Waals surface area (Å²) in [6, 6.07) is 9.04. The van der Waals surface area contributed by atoms with Gasteiger partial charge in [-0.05, 0) is 5.56 Å². The van der Waals surface area contributed by atoms with Gasteiger partial charge in [0.25, 0.3) is 5.79 Å². The molecule has 1 atom stereocenters. The zero-order valence-corrected chi connectivity index (χ0v) is 11.8. The lowest BCUT2D eigenvalue weighted by Gasteiger charge is -2.29. The van der Waals surface area contributed by atoms with Gasteiger partial charge in [0.2, 0.25) is 0 Å². The van der Waals surface area contributed by atoms with Crippen molar-refractivity contribution in [2.45, 2.75) is 25.7 Å². The Morgan fingerprint density at radius 1 is 1.19 bits per heavy atom. The Labute approximate surface area is 122 Å². The van der Waals surface area contributed by atoms with Gasteiger partial charge in [-0.3, -0.25) is 0 Å². The van der Waals surface area contributed by atoms with Crippen LogP contribution in [0.2, 0.25) is 0 Å². The second kappa shape index (κ2) is 5.97. The third-order valence-electron chi connectivity index (χ3n) is 2.86. The summed E-state index contributed by atoms with van der Waals surface area (Å²) < 4.78 is 9.89. The van der Waals surface area contributed by atoms with Crippen LogP contribution in [0, 0.1) is 0 Å². The number of ether oxygens (including phenoxy) is 2. The Hall–Kier alpha value is -2.34. The van der Waals surface area contributed by atoms with Gasteiger partial charge in [-0.1, -0.05) is 30.3 Å². The molecule has 1 aliphatic heterocycles. The van der Waals surface area contributed by atoms with E-state index in [9.17, 15) is 14.7 Å². The summed E-state index contributed by atoms with van der Waals surface area (Å²) in [5.41, 5.74) is 0.507. The van der Waals surface area contributed by atoms with Crippen molar-refractivity contribution in [2.24, 2.45) is 0 Å². The molecule has 2 N–H and O–H groups in total. The summed E-state index contributed by atoms with van der Waals surface area (Å²) >= 11 is 0. The summed E-state index contributed by atoms with van der Waals surface area (Å²) in [6.45, 7) is 3.11. The maximum absolute atomic E-state index is 11.7. The van der Waals surface area contributed by atoms with E-state index in [1.165, 1.54) is 20.0 Å². The molecule has 1 aliphatic rings. The van der Waals surface area contributed by atoms with Crippen LogP contribution in [0.1, 0.15) is 25.5 Å². The largest absolute Gasteiger partial charge is 0.419 e. The highest BCUT2D eigenvalue weighted by Crippen LogP contribution is 2.22. The van der Waals surface area contributed by atoms with Crippen LogP contribution in [0.4, 0.5) is 0 Å². The molecule has 0 aliphatic carbocycles. The van der Waals surface area contributed by atoms with Crippen LogP contribution in [0.15, 0.2) is 42.1 Å². The molecule has 1 aromatic rings. The van der Waals surface area contributed by atoms with Crippen LogP contribution in [0.3, 0.4) is 0 Å². The van der Waals surface area contributed by atoms with Gasteiger partial charge < -0.3 is 19.9 Å². The normalized spacial score (nSPS) is 18.5. The number of esters is 2. The van der Waals surface area contributed by atoms with Gasteiger partial charge in [-0.2, -0.15) is 0 Å². The predicted molar refractivity (Wildman–Crippen MR) is 73.8 cm³/mol. The zero-order chi connectivity index (χ0) is 15.5. The maximum atomic E-state index is 11.7. The highest BCUT2D eigenvalue weighted by atomic mass is 16.7. The van der Waals surface area contributed by atoms with Crippen molar-refractivity contribution in [2.75, 3.05) is 6.54 Å². The number of aliphatic hydroxyl groups is 1. The number of aliphatic hydroxyl groups excluding tert-OH is 1. The molecule has 6 nitrogen and oxygen atoms in total.